The number of rotatable bonds is 4. The second-order valence-corrected chi connectivity index (χ2v) is 9.17. The minimum absolute atomic E-state index is 0.282. The summed E-state index contributed by atoms with van der Waals surface area (Å²) in [4.78, 5) is 0.284. The molecule has 2 aliphatic rings. The Morgan fingerprint density at radius 1 is 1.00 bits per heavy atom. The van der Waals surface area contributed by atoms with Crippen LogP contribution in [0, 0.1) is 0 Å². The third-order valence-electron chi connectivity index (χ3n) is 5.49. The van der Waals surface area contributed by atoms with Crippen molar-refractivity contribution in [3.63, 3.8) is 0 Å². The lowest BCUT2D eigenvalue weighted by atomic mass is 10.1. The molecule has 1 N–H and O–H groups in total. The van der Waals surface area contributed by atoms with Gasteiger partial charge in [-0.3, -0.25) is 4.68 Å². The van der Waals surface area contributed by atoms with Crippen LogP contribution in [0.25, 0.3) is 11.3 Å². The van der Waals surface area contributed by atoms with Gasteiger partial charge in [0.2, 0.25) is 10.0 Å². The summed E-state index contributed by atoms with van der Waals surface area (Å²) >= 11 is 0. The molecule has 7 heteroatoms. The molecule has 1 saturated heterocycles. The monoisotopic (exact) mass is 375 g/mol. The maximum absolute atomic E-state index is 13.3. The average molecular weight is 375 g/mol. The van der Waals surface area contributed by atoms with E-state index in [2.05, 4.69) is 0 Å². The van der Waals surface area contributed by atoms with E-state index < -0.39 is 16.1 Å². The predicted molar refractivity (Wildman–Crippen MR) is 99.2 cm³/mol. The van der Waals surface area contributed by atoms with E-state index in [4.69, 9.17) is 5.10 Å². The molecule has 6 nitrogen and oxygen atoms in total. The molecule has 4 rings (SSSR count). The van der Waals surface area contributed by atoms with Gasteiger partial charge in [0.05, 0.1) is 12.1 Å². The Balaban J connectivity index is 1.76. The normalized spacial score (nSPS) is 20.7. The molecule has 26 heavy (non-hydrogen) atoms. The van der Waals surface area contributed by atoms with Crippen LogP contribution >= 0.6 is 0 Å². The largest absolute Gasteiger partial charge is 0.393 e. The molecule has 2 heterocycles. The molecule has 1 aromatic heterocycles. The fraction of sp³-hybridized carbons (Fsp3) is 0.526. The van der Waals surface area contributed by atoms with Crippen molar-refractivity contribution < 1.29 is 13.5 Å². The molecule has 0 amide bonds. The molecule has 1 aliphatic heterocycles. The third kappa shape index (κ3) is 3.31. The summed E-state index contributed by atoms with van der Waals surface area (Å²) in [7, 11) is -3.63. The van der Waals surface area contributed by atoms with Crippen LogP contribution in [0.4, 0.5) is 0 Å². The van der Waals surface area contributed by atoms with E-state index in [9.17, 15) is 13.5 Å². The number of hydrogen-bond acceptors (Lipinski definition) is 4. The van der Waals surface area contributed by atoms with Crippen molar-refractivity contribution in [1.82, 2.24) is 14.1 Å². The van der Waals surface area contributed by atoms with Crippen LogP contribution in [0.5, 0.6) is 0 Å². The highest BCUT2D eigenvalue weighted by Gasteiger charge is 2.33. The van der Waals surface area contributed by atoms with Crippen molar-refractivity contribution in [2.45, 2.75) is 55.6 Å². The van der Waals surface area contributed by atoms with Crippen LogP contribution in [-0.4, -0.2) is 46.8 Å². The van der Waals surface area contributed by atoms with Crippen molar-refractivity contribution in [1.29, 1.82) is 0 Å². The Morgan fingerprint density at radius 2 is 1.65 bits per heavy atom. The Labute approximate surface area is 154 Å². The van der Waals surface area contributed by atoms with Crippen molar-refractivity contribution in [3.05, 3.63) is 36.5 Å². The summed E-state index contributed by atoms with van der Waals surface area (Å²) in [6, 6.07) is 9.80. The van der Waals surface area contributed by atoms with Crippen molar-refractivity contribution in [2.24, 2.45) is 0 Å². The fourth-order valence-electron chi connectivity index (χ4n) is 3.94. The second-order valence-electron chi connectivity index (χ2n) is 7.26. The molecule has 2 fully saturated rings. The van der Waals surface area contributed by atoms with Gasteiger partial charge < -0.3 is 5.11 Å². The first kappa shape index (κ1) is 17.7. The van der Waals surface area contributed by atoms with Crippen molar-refractivity contribution in [2.75, 3.05) is 13.1 Å². The van der Waals surface area contributed by atoms with Crippen LogP contribution < -0.4 is 0 Å². The second kappa shape index (κ2) is 7.13. The Kier molecular flexibility index (Phi) is 4.86. The molecule has 1 saturated carbocycles. The number of sulfonamides is 1. The first-order chi connectivity index (χ1) is 12.6. The standard InChI is InChI=1S/C19H25N3O3S/c23-17-10-12-21(13-11-17)26(24,25)18-14-22(16-8-4-5-9-16)20-19(18)15-6-2-1-3-7-15/h1-3,6-7,14,16-17,23H,4-5,8-13H2. The van der Waals surface area contributed by atoms with E-state index in [1.165, 1.54) is 4.31 Å². The molecular formula is C19H25N3O3S. The lowest BCUT2D eigenvalue weighted by Gasteiger charge is -2.28. The predicted octanol–water partition coefficient (Wildman–Crippen LogP) is 2.81. The number of benzene rings is 1. The molecule has 140 valence electrons. The summed E-state index contributed by atoms with van der Waals surface area (Å²) in [5.41, 5.74) is 1.35. The van der Waals surface area contributed by atoms with Crippen molar-refractivity contribution in [3.8, 4) is 11.3 Å². The number of aromatic nitrogens is 2. The summed E-state index contributed by atoms with van der Waals surface area (Å²) in [5, 5.41) is 14.4. The minimum Gasteiger partial charge on any atom is -0.393 e. The van der Waals surface area contributed by atoms with Crippen LogP contribution in [0.1, 0.15) is 44.6 Å². The highest BCUT2D eigenvalue weighted by molar-refractivity contribution is 7.89. The molecule has 0 radical (unpaired) electrons. The summed E-state index contributed by atoms with van der Waals surface area (Å²) in [6.07, 6.45) is 6.70. The Morgan fingerprint density at radius 3 is 2.31 bits per heavy atom. The molecule has 0 atom stereocenters. The molecule has 1 aliphatic carbocycles. The van der Waals surface area contributed by atoms with E-state index >= 15 is 0 Å². The number of aliphatic hydroxyl groups is 1. The van der Waals surface area contributed by atoms with Gasteiger partial charge in [0.15, 0.2) is 0 Å². The van der Waals surface area contributed by atoms with Gasteiger partial charge >= 0.3 is 0 Å². The molecular weight excluding hydrogens is 350 g/mol. The first-order valence-corrected chi connectivity index (χ1v) is 10.8. The van der Waals surface area contributed by atoms with E-state index in [-0.39, 0.29) is 10.9 Å². The van der Waals surface area contributed by atoms with Gasteiger partial charge in [0, 0.05) is 24.8 Å². The number of piperidine rings is 1. The fourth-order valence-corrected chi connectivity index (χ4v) is 5.55. The van der Waals surface area contributed by atoms with Crippen molar-refractivity contribution >= 4 is 10.0 Å². The molecule has 2 aromatic rings. The van der Waals surface area contributed by atoms with Gasteiger partial charge in [0.1, 0.15) is 10.6 Å². The van der Waals surface area contributed by atoms with E-state index in [0.717, 1.165) is 31.2 Å². The average Bonchev–Trinajstić information content (AvgIpc) is 3.33. The molecule has 1 aromatic carbocycles. The van der Waals surface area contributed by atoms with Gasteiger partial charge in [-0.25, -0.2) is 8.42 Å². The Hall–Kier alpha value is -1.70. The smallest absolute Gasteiger partial charge is 0.246 e. The third-order valence-corrected chi connectivity index (χ3v) is 7.39. The number of nitrogens with zero attached hydrogens (tertiary/aromatic N) is 3. The SMILES string of the molecule is O=S(=O)(c1cn(C2CCCC2)nc1-c1ccccc1)N1CCC(O)CC1. The van der Waals surface area contributed by atoms with E-state index in [1.807, 2.05) is 35.0 Å². The van der Waals surface area contributed by atoms with Crippen LogP contribution in [-0.2, 0) is 10.0 Å². The minimum atomic E-state index is -3.63. The summed E-state index contributed by atoms with van der Waals surface area (Å²) in [6.45, 7) is 0.707. The zero-order valence-corrected chi connectivity index (χ0v) is 15.6. The van der Waals surface area contributed by atoms with Crippen LogP contribution in [0.2, 0.25) is 0 Å². The lowest BCUT2D eigenvalue weighted by molar-refractivity contribution is 0.113. The Bertz CT molecular complexity index is 849. The van der Waals surface area contributed by atoms with Gasteiger partial charge in [-0.2, -0.15) is 9.40 Å². The molecule has 0 bridgehead atoms. The van der Waals surface area contributed by atoms with Gasteiger partial charge in [-0.1, -0.05) is 43.2 Å². The van der Waals surface area contributed by atoms with Crippen LogP contribution in [0.15, 0.2) is 41.4 Å². The first-order valence-electron chi connectivity index (χ1n) is 9.38. The van der Waals surface area contributed by atoms with E-state index in [0.29, 0.717) is 31.6 Å². The number of hydrogen-bond donors (Lipinski definition) is 1. The zero-order chi connectivity index (χ0) is 18.1. The highest BCUT2D eigenvalue weighted by atomic mass is 32.2. The number of aliphatic hydroxyl groups excluding tert-OH is 1. The molecule has 0 unspecified atom stereocenters. The molecule has 0 spiro atoms. The zero-order valence-electron chi connectivity index (χ0n) is 14.8. The highest BCUT2D eigenvalue weighted by Crippen LogP contribution is 2.34. The summed E-state index contributed by atoms with van der Waals surface area (Å²) < 4.78 is 30.0. The van der Waals surface area contributed by atoms with Gasteiger partial charge in [0.25, 0.3) is 0 Å². The van der Waals surface area contributed by atoms with Crippen LogP contribution in [0.3, 0.4) is 0 Å². The maximum Gasteiger partial charge on any atom is 0.246 e. The lowest BCUT2D eigenvalue weighted by Crippen LogP contribution is -2.40. The van der Waals surface area contributed by atoms with E-state index in [1.54, 1.807) is 6.20 Å². The summed E-state index contributed by atoms with van der Waals surface area (Å²) in [5.74, 6) is 0. The maximum atomic E-state index is 13.3. The van der Waals surface area contributed by atoms with Gasteiger partial charge in [-0.15, -0.1) is 0 Å². The van der Waals surface area contributed by atoms with Gasteiger partial charge in [-0.05, 0) is 25.7 Å². The quantitative estimate of drug-likeness (QED) is 0.892. The topological polar surface area (TPSA) is 75.4 Å².